The van der Waals surface area contributed by atoms with E-state index in [4.69, 9.17) is 11.0 Å². The minimum atomic E-state index is 0.243. The van der Waals surface area contributed by atoms with E-state index in [2.05, 4.69) is 16.0 Å². The predicted molar refractivity (Wildman–Crippen MR) is 71.3 cm³/mol. The molecule has 0 bridgehead atoms. The van der Waals surface area contributed by atoms with Crippen molar-refractivity contribution in [3.8, 4) is 6.07 Å². The highest BCUT2D eigenvalue weighted by Gasteiger charge is 2.20. The van der Waals surface area contributed by atoms with Gasteiger partial charge in [0, 0.05) is 36.4 Å². The number of rotatable bonds is 1. The first-order chi connectivity index (χ1) is 8.78. The van der Waals surface area contributed by atoms with Gasteiger partial charge >= 0.3 is 0 Å². The Bertz CT molecular complexity index is 629. The highest BCUT2D eigenvalue weighted by Crippen LogP contribution is 2.28. The van der Waals surface area contributed by atoms with Gasteiger partial charge in [0.15, 0.2) is 0 Å². The van der Waals surface area contributed by atoms with Crippen LogP contribution in [-0.2, 0) is 0 Å². The number of benzene rings is 1. The van der Waals surface area contributed by atoms with Gasteiger partial charge < -0.3 is 10.6 Å². The molecule has 0 radical (unpaired) electrons. The largest absolute Gasteiger partial charge is 0.369 e. The number of fused-ring (bicyclic) bond motifs is 1. The second-order valence-electron chi connectivity index (χ2n) is 4.67. The van der Waals surface area contributed by atoms with Crippen LogP contribution in [0.15, 0.2) is 30.5 Å². The zero-order chi connectivity index (χ0) is 12.5. The fraction of sp³-hybridized carbons (Fsp3) is 0.286. The average Bonchev–Trinajstić information content (AvgIpc) is 2.84. The van der Waals surface area contributed by atoms with Gasteiger partial charge in [0.25, 0.3) is 0 Å². The van der Waals surface area contributed by atoms with Crippen LogP contribution in [0.1, 0.15) is 12.0 Å². The molecule has 2 heterocycles. The highest BCUT2D eigenvalue weighted by atomic mass is 15.2. The van der Waals surface area contributed by atoms with E-state index in [1.807, 2.05) is 24.4 Å². The third-order valence-electron chi connectivity index (χ3n) is 3.41. The third kappa shape index (κ3) is 1.79. The maximum Gasteiger partial charge on any atom is 0.0991 e. The molecule has 1 atom stereocenters. The Morgan fingerprint density at radius 1 is 1.39 bits per heavy atom. The van der Waals surface area contributed by atoms with Gasteiger partial charge in [-0.1, -0.05) is 0 Å². The van der Waals surface area contributed by atoms with Crippen LogP contribution < -0.4 is 10.6 Å². The van der Waals surface area contributed by atoms with Crippen LogP contribution in [0.25, 0.3) is 10.9 Å². The van der Waals surface area contributed by atoms with Gasteiger partial charge in [-0.2, -0.15) is 5.26 Å². The van der Waals surface area contributed by atoms with Gasteiger partial charge in [0.2, 0.25) is 0 Å². The summed E-state index contributed by atoms with van der Waals surface area (Å²) in [6.45, 7) is 1.84. The van der Waals surface area contributed by atoms with Crippen molar-refractivity contribution in [2.45, 2.75) is 12.5 Å². The number of anilines is 1. The molecule has 0 saturated carbocycles. The number of nitrogens with two attached hydrogens (primary N) is 1. The van der Waals surface area contributed by atoms with Crippen molar-refractivity contribution in [3.05, 3.63) is 36.0 Å². The van der Waals surface area contributed by atoms with E-state index in [-0.39, 0.29) is 6.04 Å². The second-order valence-corrected chi connectivity index (χ2v) is 4.67. The molecule has 3 rings (SSSR count). The van der Waals surface area contributed by atoms with Gasteiger partial charge in [-0.25, -0.2) is 0 Å². The molecule has 2 N–H and O–H groups in total. The van der Waals surface area contributed by atoms with Crippen molar-refractivity contribution in [1.82, 2.24) is 4.98 Å². The Hall–Kier alpha value is -2.12. The normalized spacial score (nSPS) is 19.1. The van der Waals surface area contributed by atoms with Crippen molar-refractivity contribution in [3.63, 3.8) is 0 Å². The van der Waals surface area contributed by atoms with Crippen LogP contribution in [0, 0.1) is 11.3 Å². The minimum Gasteiger partial charge on any atom is -0.369 e. The standard InChI is InChI=1S/C14H14N4/c15-8-10-1-2-13-12(7-10)14(3-5-17-13)18-6-4-11(16)9-18/h1-3,5,7,11H,4,6,9,16H2/t11-/m1/s1. The van der Waals surface area contributed by atoms with Crippen molar-refractivity contribution < 1.29 is 0 Å². The van der Waals surface area contributed by atoms with Crippen LogP contribution in [-0.4, -0.2) is 24.1 Å². The first-order valence-electron chi connectivity index (χ1n) is 6.07. The van der Waals surface area contributed by atoms with E-state index < -0.39 is 0 Å². The molecule has 1 aliphatic rings. The second kappa shape index (κ2) is 4.28. The lowest BCUT2D eigenvalue weighted by Crippen LogP contribution is -2.26. The summed E-state index contributed by atoms with van der Waals surface area (Å²) in [5.41, 5.74) is 8.67. The molecule has 1 aromatic heterocycles. The van der Waals surface area contributed by atoms with E-state index in [0.717, 1.165) is 36.1 Å². The first kappa shape index (κ1) is 11.0. The molecule has 1 aliphatic heterocycles. The van der Waals surface area contributed by atoms with Crippen molar-refractivity contribution in [2.24, 2.45) is 5.73 Å². The lowest BCUT2D eigenvalue weighted by atomic mass is 10.1. The molecular formula is C14H14N4. The molecule has 0 unspecified atom stereocenters. The van der Waals surface area contributed by atoms with E-state index in [1.165, 1.54) is 0 Å². The summed E-state index contributed by atoms with van der Waals surface area (Å²) in [7, 11) is 0. The van der Waals surface area contributed by atoms with Crippen molar-refractivity contribution >= 4 is 16.6 Å². The highest BCUT2D eigenvalue weighted by molar-refractivity contribution is 5.92. The quantitative estimate of drug-likeness (QED) is 0.820. The Labute approximate surface area is 106 Å². The predicted octanol–water partition coefficient (Wildman–Crippen LogP) is 1.64. The SMILES string of the molecule is N#Cc1ccc2nccc(N3CC[C@@H](N)C3)c2c1. The Balaban J connectivity index is 2.14. The van der Waals surface area contributed by atoms with Gasteiger partial charge in [-0.15, -0.1) is 0 Å². The summed E-state index contributed by atoms with van der Waals surface area (Å²) in [4.78, 5) is 6.61. The summed E-state index contributed by atoms with van der Waals surface area (Å²) in [5.74, 6) is 0. The summed E-state index contributed by atoms with van der Waals surface area (Å²) < 4.78 is 0. The molecule has 18 heavy (non-hydrogen) atoms. The smallest absolute Gasteiger partial charge is 0.0991 e. The molecule has 0 aliphatic carbocycles. The lowest BCUT2D eigenvalue weighted by molar-refractivity contribution is 0.752. The fourth-order valence-corrected chi connectivity index (χ4v) is 2.48. The van der Waals surface area contributed by atoms with Crippen LogP contribution in [0.3, 0.4) is 0 Å². The fourth-order valence-electron chi connectivity index (χ4n) is 2.48. The molecule has 0 spiro atoms. The summed E-state index contributed by atoms with van der Waals surface area (Å²) in [6, 6.07) is 10.0. The number of nitriles is 1. The summed E-state index contributed by atoms with van der Waals surface area (Å²) >= 11 is 0. The molecule has 2 aromatic rings. The van der Waals surface area contributed by atoms with Gasteiger partial charge in [-0.3, -0.25) is 4.98 Å². The number of pyridine rings is 1. The minimum absolute atomic E-state index is 0.243. The van der Waals surface area contributed by atoms with Crippen LogP contribution >= 0.6 is 0 Å². The van der Waals surface area contributed by atoms with Crippen molar-refractivity contribution in [1.29, 1.82) is 5.26 Å². The van der Waals surface area contributed by atoms with E-state index in [9.17, 15) is 0 Å². The Morgan fingerprint density at radius 3 is 3.00 bits per heavy atom. The van der Waals surface area contributed by atoms with Crippen LogP contribution in [0.5, 0.6) is 0 Å². The summed E-state index contributed by atoms with van der Waals surface area (Å²) in [5, 5.41) is 10.0. The molecule has 0 amide bonds. The zero-order valence-corrected chi connectivity index (χ0v) is 10.0. The molecule has 1 aromatic carbocycles. The molecule has 1 fully saturated rings. The van der Waals surface area contributed by atoms with E-state index in [1.54, 1.807) is 6.07 Å². The monoisotopic (exact) mass is 238 g/mol. The third-order valence-corrected chi connectivity index (χ3v) is 3.41. The summed E-state index contributed by atoms with van der Waals surface area (Å²) in [6.07, 6.45) is 2.83. The maximum absolute atomic E-state index is 8.99. The van der Waals surface area contributed by atoms with Gasteiger partial charge in [0.1, 0.15) is 0 Å². The molecule has 4 nitrogen and oxygen atoms in total. The number of nitrogens with zero attached hydrogens (tertiary/aromatic N) is 3. The maximum atomic E-state index is 8.99. The van der Waals surface area contributed by atoms with E-state index in [0.29, 0.717) is 5.56 Å². The molecule has 90 valence electrons. The van der Waals surface area contributed by atoms with Gasteiger partial charge in [0.05, 0.1) is 17.1 Å². The number of hydrogen-bond acceptors (Lipinski definition) is 4. The molecule has 1 saturated heterocycles. The zero-order valence-electron chi connectivity index (χ0n) is 10.0. The lowest BCUT2D eigenvalue weighted by Gasteiger charge is -2.19. The molecular weight excluding hydrogens is 224 g/mol. The first-order valence-corrected chi connectivity index (χ1v) is 6.07. The Kier molecular flexibility index (Phi) is 2.62. The van der Waals surface area contributed by atoms with Crippen LogP contribution in [0.4, 0.5) is 5.69 Å². The van der Waals surface area contributed by atoms with Crippen LogP contribution in [0.2, 0.25) is 0 Å². The molecule has 4 heteroatoms. The van der Waals surface area contributed by atoms with E-state index >= 15 is 0 Å². The van der Waals surface area contributed by atoms with Gasteiger partial charge in [-0.05, 0) is 30.7 Å². The number of aromatic nitrogens is 1. The topological polar surface area (TPSA) is 65.9 Å². The number of hydrogen-bond donors (Lipinski definition) is 1. The Morgan fingerprint density at radius 2 is 2.28 bits per heavy atom. The van der Waals surface area contributed by atoms with Crippen molar-refractivity contribution in [2.75, 3.05) is 18.0 Å². The average molecular weight is 238 g/mol.